The summed E-state index contributed by atoms with van der Waals surface area (Å²) in [5.74, 6) is -0.858. The number of piperidine rings is 1. The summed E-state index contributed by atoms with van der Waals surface area (Å²) < 4.78 is 13.6. The van der Waals surface area contributed by atoms with Crippen LogP contribution in [0.4, 0.5) is 4.39 Å². The van der Waals surface area contributed by atoms with Crippen molar-refractivity contribution in [3.05, 3.63) is 76.7 Å². The Morgan fingerprint density at radius 2 is 1.97 bits per heavy atom. The normalized spacial score (nSPS) is 16.6. The average molecular weight is 412 g/mol. The summed E-state index contributed by atoms with van der Waals surface area (Å²) in [7, 11) is 0. The number of hydrogen-bond donors (Lipinski definition) is 1. The molecule has 1 aliphatic heterocycles. The van der Waals surface area contributed by atoms with Crippen LogP contribution in [0.3, 0.4) is 0 Å². The van der Waals surface area contributed by atoms with Crippen molar-refractivity contribution >= 4 is 23.3 Å². The number of amides is 1. The third-order valence-corrected chi connectivity index (χ3v) is 5.44. The molecular formula is C22H19ClFN3O2. The van der Waals surface area contributed by atoms with Gasteiger partial charge in [-0.25, -0.2) is 4.39 Å². The number of carbonyl (C=O) groups excluding carboxylic acids is 2. The molecule has 1 fully saturated rings. The van der Waals surface area contributed by atoms with Crippen molar-refractivity contribution in [2.24, 2.45) is 5.92 Å². The monoisotopic (exact) mass is 411 g/mol. The topological polar surface area (TPSA) is 66.1 Å². The lowest BCUT2D eigenvalue weighted by Gasteiger charge is -2.32. The Kier molecular flexibility index (Phi) is 5.45. The second-order valence-corrected chi connectivity index (χ2v) is 7.57. The maximum Gasteiger partial charge on any atom is 0.257 e. The molecule has 29 heavy (non-hydrogen) atoms. The first-order valence-electron chi connectivity index (χ1n) is 9.41. The molecule has 1 N–H and O–H groups in total. The number of aromatic nitrogens is 2. The summed E-state index contributed by atoms with van der Waals surface area (Å²) in [4.78, 5) is 27.7. The lowest BCUT2D eigenvalue weighted by molar-refractivity contribution is 0.0637. The molecule has 2 heterocycles. The molecule has 7 heteroatoms. The predicted octanol–water partition coefficient (Wildman–Crippen LogP) is 4.60. The molecule has 1 atom stereocenters. The number of halogens is 2. The fourth-order valence-electron chi connectivity index (χ4n) is 3.71. The minimum atomic E-state index is -0.387. The number of likely N-dealkylation sites (tertiary alicyclic amines) is 1. The van der Waals surface area contributed by atoms with Crippen molar-refractivity contribution in [1.29, 1.82) is 0 Å². The zero-order chi connectivity index (χ0) is 20.4. The van der Waals surface area contributed by atoms with Gasteiger partial charge in [-0.1, -0.05) is 23.7 Å². The number of Topliss-reactive ketones (excluding diaryl/α,β-unsaturated/α-hetero) is 1. The van der Waals surface area contributed by atoms with Crippen LogP contribution in [-0.4, -0.2) is 39.9 Å². The Hall–Kier alpha value is -2.99. The molecule has 1 amide bonds. The van der Waals surface area contributed by atoms with Gasteiger partial charge in [0.2, 0.25) is 0 Å². The summed E-state index contributed by atoms with van der Waals surface area (Å²) in [6.07, 6.45) is 2.92. The second-order valence-electron chi connectivity index (χ2n) is 7.13. The van der Waals surface area contributed by atoms with E-state index in [1.807, 2.05) is 0 Å². The van der Waals surface area contributed by atoms with Gasteiger partial charge in [-0.15, -0.1) is 0 Å². The highest BCUT2D eigenvalue weighted by molar-refractivity contribution is 6.30. The second kappa shape index (κ2) is 8.17. The van der Waals surface area contributed by atoms with E-state index in [-0.39, 0.29) is 23.4 Å². The molecule has 0 aliphatic carbocycles. The summed E-state index contributed by atoms with van der Waals surface area (Å²) >= 11 is 5.90. The summed E-state index contributed by atoms with van der Waals surface area (Å²) in [6, 6.07) is 12.8. The molecule has 0 saturated carbocycles. The SMILES string of the molecule is O=C(c1ccc(Cl)cc1)C1CCCN(C(=O)c2cn[nH]c2-c2cccc(F)c2)C1. The first kappa shape index (κ1) is 19.3. The highest BCUT2D eigenvalue weighted by Crippen LogP contribution is 2.27. The Bertz CT molecular complexity index is 1050. The Morgan fingerprint density at radius 3 is 2.72 bits per heavy atom. The van der Waals surface area contributed by atoms with E-state index >= 15 is 0 Å². The quantitative estimate of drug-likeness (QED) is 0.638. The summed E-state index contributed by atoms with van der Waals surface area (Å²) in [6.45, 7) is 0.908. The molecule has 3 aromatic rings. The first-order chi connectivity index (χ1) is 14.0. The number of nitrogens with zero attached hydrogens (tertiary/aromatic N) is 2. The summed E-state index contributed by atoms with van der Waals surface area (Å²) in [5.41, 5.74) is 1.99. The lowest BCUT2D eigenvalue weighted by Crippen LogP contribution is -2.42. The minimum Gasteiger partial charge on any atom is -0.338 e. The van der Waals surface area contributed by atoms with E-state index in [1.54, 1.807) is 41.3 Å². The van der Waals surface area contributed by atoms with Crippen molar-refractivity contribution < 1.29 is 14.0 Å². The van der Waals surface area contributed by atoms with Crippen molar-refractivity contribution in [3.63, 3.8) is 0 Å². The van der Waals surface area contributed by atoms with Crippen LogP contribution < -0.4 is 0 Å². The van der Waals surface area contributed by atoms with Gasteiger partial charge in [-0.05, 0) is 49.2 Å². The number of ketones is 1. The number of rotatable bonds is 4. The molecule has 5 nitrogen and oxygen atoms in total. The van der Waals surface area contributed by atoms with Crippen LogP contribution in [-0.2, 0) is 0 Å². The van der Waals surface area contributed by atoms with Crippen molar-refractivity contribution in [1.82, 2.24) is 15.1 Å². The smallest absolute Gasteiger partial charge is 0.257 e. The average Bonchev–Trinajstić information content (AvgIpc) is 3.23. The van der Waals surface area contributed by atoms with E-state index in [9.17, 15) is 14.0 Å². The molecule has 4 rings (SSSR count). The number of hydrogen-bond acceptors (Lipinski definition) is 3. The van der Waals surface area contributed by atoms with E-state index in [0.29, 0.717) is 40.5 Å². The van der Waals surface area contributed by atoms with E-state index in [1.165, 1.54) is 18.3 Å². The van der Waals surface area contributed by atoms with Gasteiger partial charge in [0.25, 0.3) is 5.91 Å². The van der Waals surface area contributed by atoms with Crippen molar-refractivity contribution in [2.45, 2.75) is 12.8 Å². The number of aromatic amines is 1. The van der Waals surface area contributed by atoms with E-state index in [4.69, 9.17) is 11.6 Å². The number of benzene rings is 2. The molecule has 1 unspecified atom stereocenters. The van der Waals surface area contributed by atoms with Gasteiger partial charge in [-0.2, -0.15) is 5.10 Å². The molecule has 2 aromatic carbocycles. The van der Waals surface area contributed by atoms with Crippen LogP contribution >= 0.6 is 11.6 Å². The van der Waals surface area contributed by atoms with Gasteiger partial charge < -0.3 is 4.90 Å². The zero-order valence-corrected chi connectivity index (χ0v) is 16.3. The number of carbonyl (C=O) groups is 2. The molecule has 1 saturated heterocycles. The standard InChI is InChI=1S/C22H19ClFN3O2/c23-17-8-6-14(7-9-17)21(28)16-4-2-10-27(13-16)22(29)19-12-25-26-20(19)15-3-1-5-18(24)11-15/h1,3,5-9,11-12,16H,2,4,10,13H2,(H,25,26). The Balaban J connectivity index is 1.53. The van der Waals surface area contributed by atoms with Gasteiger partial charge in [0.05, 0.1) is 17.5 Å². The van der Waals surface area contributed by atoms with Crippen LogP contribution in [0, 0.1) is 11.7 Å². The fraction of sp³-hybridized carbons (Fsp3) is 0.227. The third kappa shape index (κ3) is 4.07. The molecular weight excluding hydrogens is 393 g/mol. The maximum atomic E-state index is 13.6. The largest absolute Gasteiger partial charge is 0.338 e. The molecule has 0 radical (unpaired) electrons. The van der Waals surface area contributed by atoms with E-state index in [2.05, 4.69) is 10.2 Å². The number of H-pyrrole nitrogens is 1. The van der Waals surface area contributed by atoms with E-state index < -0.39 is 0 Å². The molecule has 0 spiro atoms. The van der Waals surface area contributed by atoms with Gasteiger partial charge in [0.1, 0.15) is 5.82 Å². The minimum absolute atomic E-state index is 0.0108. The third-order valence-electron chi connectivity index (χ3n) is 5.19. The van der Waals surface area contributed by atoms with Crippen LogP contribution in [0.5, 0.6) is 0 Å². The highest BCUT2D eigenvalue weighted by atomic mass is 35.5. The van der Waals surface area contributed by atoms with Gasteiger partial charge in [0, 0.05) is 35.2 Å². The van der Waals surface area contributed by atoms with Crippen molar-refractivity contribution in [3.8, 4) is 11.3 Å². The zero-order valence-electron chi connectivity index (χ0n) is 15.6. The Morgan fingerprint density at radius 1 is 1.17 bits per heavy atom. The fourth-order valence-corrected chi connectivity index (χ4v) is 3.83. The van der Waals surface area contributed by atoms with Crippen LogP contribution in [0.2, 0.25) is 5.02 Å². The molecule has 148 valence electrons. The van der Waals surface area contributed by atoms with Crippen molar-refractivity contribution in [2.75, 3.05) is 13.1 Å². The maximum absolute atomic E-state index is 13.6. The molecule has 0 bridgehead atoms. The predicted molar refractivity (Wildman–Crippen MR) is 108 cm³/mol. The first-order valence-corrected chi connectivity index (χ1v) is 9.79. The number of nitrogens with one attached hydrogen (secondary N) is 1. The highest BCUT2D eigenvalue weighted by Gasteiger charge is 2.31. The van der Waals surface area contributed by atoms with Crippen LogP contribution in [0.15, 0.2) is 54.7 Å². The van der Waals surface area contributed by atoms with Crippen LogP contribution in [0.25, 0.3) is 11.3 Å². The molecule has 1 aromatic heterocycles. The van der Waals surface area contributed by atoms with Crippen LogP contribution in [0.1, 0.15) is 33.6 Å². The van der Waals surface area contributed by atoms with Gasteiger partial charge >= 0.3 is 0 Å². The van der Waals surface area contributed by atoms with Gasteiger partial charge in [0.15, 0.2) is 5.78 Å². The van der Waals surface area contributed by atoms with E-state index in [0.717, 1.165) is 12.8 Å². The van der Waals surface area contributed by atoms with Gasteiger partial charge in [-0.3, -0.25) is 14.7 Å². The molecule has 1 aliphatic rings. The lowest BCUT2D eigenvalue weighted by atomic mass is 9.89. The Labute approximate surface area is 172 Å². The summed E-state index contributed by atoms with van der Waals surface area (Å²) in [5, 5.41) is 7.35.